The van der Waals surface area contributed by atoms with E-state index in [1.165, 1.54) is 0 Å². The molecule has 1 amide bonds. The lowest BCUT2D eigenvalue weighted by Crippen LogP contribution is -2.20. The number of aromatic nitrogens is 2. The summed E-state index contributed by atoms with van der Waals surface area (Å²) in [4.78, 5) is 12.0. The molecule has 122 valence electrons. The number of nitrogens with zero attached hydrogens (tertiary/aromatic N) is 2. The van der Waals surface area contributed by atoms with Gasteiger partial charge in [-0.15, -0.1) is 0 Å². The van der Waals surface area contributed by atoms with Crippen molar-refractivity contribution in [3.8, 4) is 5.75 Å². The highest BCUT2D eigenvalue weighted by molar-refractivity contribution is 5.91. The van der Waals surface area contributed by atoms with Crippen LogP contribution in [0.3, 0.4) is 0 Å². The lowest BCUT2D eigenvalue weighted by molar-refractivity contribution is -0.118. The molecule has 0 aliphatic rings. The molecule has 3 aromatic rings. The number of rotatable bonds is 6. The van der Waals surface area contributed by atoms with Gasteiger partial charge >= 0.3 is 0 Å². The predicted octanol–water partition coefficient (Wildman–Crippen LogP) is 3.26. The average molecular weight is 321 g/mol. The molecular formula is C19H19N3O2. The van der Waals surface area contributed by atoms with Gasteiger partial charge < -0.3 is 10.1 Å². The fourth-order valence-corrected chi connectivity index (χ4v) is 2.34. The average Bonchev–Trinajstić information content (AvgIpc) is 3.02. The first kappa shape index (κ1) is 15.8. The van der Waals surface area contributed by atoms with E-state index in [-0.39, 0.29) is 12.5 Å². The summed E-state index contributed by atoms with van der Waals surface area (Å²) in [5, 5.41) is 7.05. The lowest BCUT2D eigenvalue weighted by atomic mass is 10.2. The van der Waals surface area contributed by atoms with Crippen molar-refractivity contribution in [1.29, 1.82) is 0 Å². The fraction of sp³-hybridized carbons (Fsp3) is 0.158. The number of carbonyl (C=O) groups excluding carboxylic acids is 1. The number of ether oxygens (including phenoxy) is 1. The number of carbonyl (C=O) groups is 1. The summed E-state index contributed by atoms with van der Waals surface area (Å²) in [6.45, 7) is 2.58. The predicted molar refractivity (Wildman–Crippen MR) is 93.1 cm³/mol. The van der Waals surface area contributed by atoms with Crippen LogP contribution in [0, 0.1) is 6.92 Å². The minimum atomic E-state index is -0.211. The highest BCUT2D eigenvalue weighted by Crippen LogP contribution is 2.16. The smallest absolute Gasteiger partial charge is 0.262 e. The van der Waals surface area contributed by atoms with E-state index in [4.69, 9.17) is 4.74 Å². The molecule has 2 aromatic carbocycles. The molecule has 0 fully saturated rings. The minimum absolute atomic E-state index is 0.0330. The van der Waals surface area contributed by atoms with Crippen LogP contribution in [0.15, 0.2) is 67.0 Å². The van der Waals surface area contributed by atoms with Crippen molar-refractivity contribution in [3.05, 3.63) is 78.1 Å². The van der Waals surface area contributed by atoms with Gasteiger partial charge in [-0.25, -0.2) is 0 Å². The zero-order chi connectivity index (χ0) is 16.8. The summed E-state index contributed by atoms with van der Waals surface area (Å²) in [6, 6.07) is 17.6. The van der Waals surface area contributed by atoms with Crippen molar-refractivity contribution in [2.75, 3.05) is 11.9 Å². The van der Waals surface area contributed by atoms with E-state index in [0.717, 1.165) is 11.1 Å². The molecule has 0 atom stereocenters. The van der Waals surface area contributed by atoms with Gasteiger partial charge in [0, 0.05) is 6.20 Å². The number of para-hydroxylation sites is 1. The van der Waals surface area contributed by atoms with E-state index in [9.17, 15) is 4.79 Å². The van der Waals surface area contributed by atoms with Crippen LogP contribution in [0.25, 0.3) is 0 Å². The van der Waals surface area contributed by atoms with Crippen LogP contribution in [0.2, 0.25) is 0 Å². The molecular weight excluding hydrogens is 302 g/mol. The first-order valence-corrected chi connectivity index (χ1v) is 7.75. The van der Waals surface area contributed by atoms with E-state index < -0.39 is 0 Å². The summed E-state index contributed by atoms with van der Waals surface area (Å²) in [5.74, 6) is 0.505. The van der Waals surface area contributed by atoms with Crippen molar-refractivity contribution in [1.82, 2.24) is 9.78 Å². The molecule has 5 nitrogen and oxygen atoms in total. The van der Waals surface area contributed by atoms with Crippen LogP contribution >= 0.6 is 0 Å². The molecule has 0 saturated carbocycles. The normalized spacial score (nSPS) is 10.4. The third-order valence-electron chi connectivity index (χ3n) is 3.56. The molecule has 0 bridgehead atoms. The summed E-state index contributed by atoms with van der Waals surface area (Å²) in [5.41, 5.74) is 2.81. The highest BCUT2D eigenvalue weighted by Gasteiger charge is 2.07. The summed E-state index contributed by atoms with van der Waals surface area (Å²) >= 11 is 0. The summed E-state index contributed by atoms with van der Waals surface area (Å²) < 4.78 is 7.32. The van der Waals surface area contributed by atoms with Crippen LogP contribution in [0.1, 0.15) is 11.1 Å². The second-order valence-electron chi connectivity index (χ2n) is 5.51. The lowest BCUT2D eigenvalue weighted by Gasteiger charge is -2.08. The number of hydrogen-bond donors (Lipinski definition) is 1. The number of nitrogens with one attached hydrogen (secondary N) is 1. The van der Waals surface area contributed by atoms with E-state index >= 15 is 0 Å². The first-order chi connectivity index (χ1) is 11.7. The maximum absolute atomic E-state index is 12.0. The maximum atomic E-state index is 12.0. The van der Waals surface area contributed by atoms with Crippen LogP contribution in [0.4, 0.5) is 5.69 Å². The Morgan fingerprint density at radius 3 is 2.67 bits per heavy atom. The topological polar surface area (TPSA) is 56.1 Å². The van der Waals surface area contributed by atoms with Gasteiger partial charge in [-0.3, -0.25) is 9.48 Å². The van der Waals surface area contributed by atoms with Gasteiger partial charge in [0.15, 0.2) is 6.61 Å². The number of aryl methyl sites for hydroxylation is 1. The van der Waals surface area contributed by atoms with Crippen molar-refractivity contribution in [2.45, 2.75) is 13.5 Å². The molecule has 0 aliphatic carbocycles. The zero-order valence-electron chi connectivity index (χ0n) is 13.5. The molecule has 0 saturated heterocycles. The maximum Gasteiger partial charge on any atom is 0.262 e. The number of amides is 1. The molecule has 3 rings (SSSR count). The SMILES string of the molecule is Cc1ccccc1OCC(=O)Nc1cnn(Cc2ccccc2)c1. The van der Waals surface area contributed by atoms with Crippen molar-refractivity contribution < 1.29 is 9.53 Å². The molecule has 1 aromatic heterocycles. The highest BCUT2D eigenvalue weighted by atomic mass is 16.5. The fourth-order valence-electron chi connectivity index (χ4n) is 2.34. The zero-order valence-corrected chi connectivity index (χ0v) is 13.5. The Kier molecular flexibility index (Phi) is 4.91. The Bertz CT molecular complexity index is 812. The van der Waals surface area contributed by atoms with E-state index in [0.29, 0.717) is 18.0 Å². The Morgan fingerprint density at radius 2 is 1.88 bits per heavy atom. The first-order valence-electron chi connectivity index (χ1n) is 7.75. The second kappa shape index (κ2) is 7.46. The van der Waals surface area contributed by atoms with E-state index in [1.807, 2.05) is 61.5 Å². The molecule has 0 aliphatic heterocycles. The van der Waals surface area contributed by atoms with E-state index in [2.05, 4.69) is 10.4 Å². The number of anilines is 1. The largest absolute Gasteiger partial charge is 0.483 e. The third kappa shape index (κ3) is 4.23. The standard InChI is InChI=1S/C19H19N3O2/c1-15-7-5-6-10-18(15)24-14-19(23)21-17-11-20-22(13-17)12-16-8-3-2-4-9-16/h2-11,13H,12,14H2,1H3,(H,21,23). The van der Waals surface area contributed by atoms with Crippen LogP contribution in [-0.4, -0.2) is 22.3 Å². The van der Waals surface area contributed by atoms with Gasteiger partial charge in [-0.2, -0.15) is 5.10 Å². The van der Waals surface area contributed by atoms with Gasteiger partial charge in [0.2, 0.25) is 0 Å². The van der Waals surface area contributed by atoms with Crippen LogP contribution < -0.4 is 10.1 Å². The minimum Gasteiger partial charge on any atom is -0.483 e. The van der Waals surface area contributed by atoms with Crippen LogP contribution in [-0.2, 0) is 11.3 Å². The molecule has 0 spiro atoms. The molecule has 1 N–H and O–H groups in total. The summed E-state index contributed by atoms with van der Waals surface area (Å²) in [7, 11) is 0. The molecule has 24 heavy (non-hydrogen) atoms. The molecule has 1 heterocycles. The summed E-state index contributed by atoms with van der Waals surface area (Å²) in [6.07, 6.45) is 3.44. The van der Waals surface area contributed by atoms with Crippen molar-refractivity contribution in [2.24, 2.45) is 0 Å². The molecule has 0 radical (unpaired) electrons. The monoisotopic (exact) mass is 321 g/mol. The second-order valence-corrected chi connectivity index (χ2v) is 5.51. The Balaban J connectivity index is 1.53. The molecule has 5 heteroatoms. The number of hydrogen-bond acceptors (Lipinski definition) is 3. The van der Waals surface area contributed by atoms with Gasteiger partial charge in [0.1, 0.15) is 5.75 Å². The quantitative estimate of drug-likeness (QED) is 0.758. The Labute approximate surface area is 140 Å². The van der Waals surface area contributed by atoms with Gasteiger partial charge in [-0.05, 0) is 24.1 Å². The third-order valence-corrected chi connectivity index (χ3v) is 3.56. The van der Waals surface area contributed by atoms with Gasteiger partial charge in [-0.1, -0.05) is 48.5 Å². The molecule has 0 unspecified atom stereocenters. The Morgan fingerprint density at radius 1 is 1.12 bits per heavy atom. The van der Waals surface area contributed by atoms with Gasteiger partial charge in [0.05, 0.1) is 18.4 Å². The van der Waals surface area contributed by atoms with E-state index in [1.54, 1.807) is 17.1 Å². The van der Waals surface area contributed by atoms with Crippen LogP contribution in [0.5, 0.6) is 5.75 Å². The van der Waals surface area contributed by atoms with Crippen molar-refractivity contribution >= 4 is 11.6 Å². The number of benzene rings is 2. The van der Waals surface area contributed by atoms with Gasteiger partial charge in [0.25, 0.3) is 5.91 Å². The Hall–Kier alpha value is -3.08. The van der Waals surface area contributed by atoms with Crippen molar-refractivity contribution in [3.63, 3.8) is 0 Å².